The number of rotatable bonds is 2. The van der Waals surface area contributed by atoms with Crippen molar-refractivity contribution in [1.29, 1.82) is 0 Å². The summed E-state index contributed by atoms with van der Waals surface area (Å²) in [5.74, 6) is -0.152. The first-order valence-electron chi connectivity index (χ1n) is 4.61. The minimum atomic E-state index is -0.841. The van der Waals surface area contributed by atoms with Crippen molar-refractivity contribution in [2.75, 3.05) is 0 Å². The van der Waals surface area contributed by atoms with Crippen molar-refractivity contribution < 1.29 is 14.3 Å². The van der Waals surface area contributed by atoms with Crippen LogP contribution in [0.15, 0.2) is 16.5 Å². The number of carboxylic acid groups (broad SMARTS) is 1. The Hall–Kier alpha value is -1.25. The lowest BCUT2D eigenvalue weighted by molar-refractivity contribution is -0.142. The Kier molecular flexibility index (Phi) is 2.69. The fourth-order valence-electron chi connectivity index (χ4n) is 1.53. The molecule has 0 fully saturated rings. The lowest BCUT2D eigenvalue weighted by atomic mass is 9.79. The standard InChI is InChI=1S/C11H16O3/c1-7-5-6-8(14-7)9(10(12)13)11(2,3)4/h5-6,9H,1-4H3,(H,12,13). The Morgan fingerprint density at radius 3 is 2.29 bits per heavy atom. The Bertz CT molecular complexity index is 331. The van der Waals surface area contributed by atoms with E-state index >= 15 is 0 Å². The zero-order chi connectivity index (χ0) is 10.9. The first-order valence-corrected chi connectivity index (χ1v) is 4.61. The second-order valence-corrected chi connectivity index (χ2v) is 4.59. The molecule has 1 unspecified atom stereocenters. The van der Waals surface area contributed by atoms with Gasteiger partial charge in [-0.05, 0) is 24.5 Å². The van der Waals surface area contributed by atoms with Crippen molar-refractivity contribution in [3.05, 3.63) is 23.7 Å². The number of aryl methyl sites for hydroxylation is 1. The van der Waals surface area contributed by atoms with Gasteiger partial charge in [0.05, 0.1) is 0 Å². The average molecular weight is 196 g/mol. The molecule has 78 valence electrons. The topological polar surface area (TPSA) is 50.4 Å². The molecule has 3 nitrogen and oxygen atoms in total. The van der Waals surface area contributed by atoms with E-state index in [0.29, 0.717) is 5.76 Å². The predicted molar refractivity (Wildman–Crippen MR) is 53.3 cm³/mol. The molecule has 0 saturated carbocycles. The van der Waals surface area contributed by atoms with Gasteiger partial charge in [-0.25, -0.2) is 0 Å². The highest BCUT2D eigenvalue weighted by atomic mass is 16.4. The van der Waals surface area contributed by atoms with Crippen molar-refractivity contribution in [2.45, 2.75) is 33.6 Å². The molecule has 0 aliphatic rings. The Balaban J connectivity index is 3.07. The molecule has 1 aromatic rings. The summed E-state index contributed by atoms with van der Waals surface area (Å²) in [7, 11) is 0. The third-order valence-corrected chi connectivity index (χ3v) is 2.16. The van der Waals surface area contributed by atoms with E-state index in [1.54, 1.807) is 12.1 Å². The van der Waals surface area contributed by atoms with Crippen molar-refractivity contribution in [3.63, 3.8) is 0 Å². The lowest BCUT2D eigenvalue weighted by Crippen LogP contribution is -2.25. The second kappa shape index (κ2) is 3.48. The zero-order valence-electron chi connectivity index (χ0n) is 9.00. The minimum absolute atomic E-state index is 0.337. The smallest absolute Gasteiger partial charge is 0.314 e. The highest BCUT2D eigenvalue weighted by Gasteiger charge is 2.35. The normalized spacial score (nSPS) is 14.0. The summed E-state index contributed by atoms with van der Waals surface area (Å²) >= 11 is 0. The molecule has 0 bridgehead atoms. The van der Waals surface area contributed by atoms with Gasteiger partial charge in [0.25, 0.3) is 0 Å². The van der Waals surface area contributed by atoms with Crippen LogP contribution in [-0.4, -0.2) is 11.1 Å². The van der Waals surface area contributed by atoms with Crippen molar-refractivity contribution >= 4 is 5.97 Å². The van der Waals surface area contributed by atoms with Crippen LogP contribution in [0.5, 0.6) is 0 Å². The summed E-state index contributed by atoms with van der Waals surface area (Å²) in [6.07, 6.45) is 0. The van der Waals surface area contributed by atoms with E-state index < -0.39 is 11.9 Å². The molecule has 3 heteroatoms. The van der Waals surface area contributed by atoms with Gasteiger partial charge in [-0.15, -0.1) is 0 Å². The first-order chi connectivity index (χ1) is 6.32. The van der Waals surface area contributed by atoms with Gasteiger partial charge in [-0.2, -0.15) is 0 Å². The minimum Gasteiger partial charge on any atom is -0.481 e. The molecular formula is C11H16O3. The summed E-state index contributed by atoms with van der Waals surface area (Å²) < 4.78 is 5.35. The maximum atomic E-state index is 11.1. The van der Waals surface area contributed by atoms with Gasteiger partial charge < -0.3 is 9.52 Å². The quantitative estimate of drug-likeness (QED) is 0.791. The summed E-state index contributed by atoms with van der Waals surface area (Å²) in [6.45, 7) is 7.49. The number of hydrogen-bond acceptors (Lipinski definition) is 2. The zero-order valence-corrected chi connectivity index (χ0v) is 9.00. The maximum Gasteiger partial charge on any atom is 0.314 e. The van der Waals surface area contributed by atoms with Gasteiger partial charge in [-0.3, -0.25) is 4.79 Å². The predicted octanol–water partition coefficient (Wildman–Crippen LogP) is 2.80. The van der Waals surface area contributed by atoms with Crippen LogP contribution in [-0.2, 0) is 4.79 Å². The van der Waals surface area contributed by atoms with Gasteiger partial charge in [-0.1, -0.05) is 20.8 Å². The van der Waals surface area contributed by atoms with Crippen LogP contribution < -0.4 is 0 Å². The summed E-state index contributed by atoms with van der Waals surface area (Å²) in [6, 6.07) is 3.52. The molecule has 0 spiro atoms. The monoisotopic (exact) mass is 196 g/mol. The van der Waals surface area contributed by atoms with Crippen molar-refractivity contribution in [2.24, 2.45) is 5.41 Å². The van der Waals surface area contributed by atoms with Crippen molar-refractivity contribution in [3.8, 4) is 0 Å². The Morgan fingerprint density at radius 2 is 2.00 bits per heavy atom. The molecule has 0 amide bonds. The molecule has 0 saturated heterocycles. The maximum absolute atomic E-state index is 11.1. The van der Waals surface area contributed by atoms with Crippen LogP contribution in [0.25, 0.3) is 0 Å². The third kappa shape index (κ3) is 2.16. The van der Waals surface area contributed by atoms with Gasteiger partial charge in [0, 0.05) is 0 Å². The van der Waals surface area contributed by atoms with Crippen molar-refractivity contribution in [1.82, 2.24) is 0 Å². The lowest BCUT2D eigenvalue weighted by Gasteiger charge is -2.25. The molecule has 1 heterocycles. The highest BCUT2D eigenvalue weighted by molar-refractivity contribution is 5.76. The van der Waals surface area contributed by atoms with Gasteiger partial charge in [0.1, 0.15) is 17.4 Å². The molecule has 1 N–H and O–H groups in total. The van der Waals surface area contributed by atoms with Gasteiger partial charge in [0.15, 0.2) is 0 Å². The van der Waals surface area contributed by atoms with E-state index in [9.17, 15) is 4.79 Å². The third-order valence-electron chi connectivity index (χ3n) is 2.16. The number of aliphatic carboxylic acids is 1. The molecule has 14 heavy (non-hydrogen) atoms. The van der Waals surface area contributed by atoms with Crippen LogP contribution in [0.1, 0.15) is 38.2 Å². The number of carboxylic acids is 1. The van der Waals surface area contributed by atoms with Crippen LogP contribution in [0.4, 0.5) is 0 Å². The number of hydrogen-bond donors (Lipinski definition) is 1. The van der Waals surface area contributed by atoms with E-state index in [4.69, 9.17) is 9.52 Å². The van der Waals surface area contributed by atoms with Gasteiger partial charge in [0.2, 0.25) is 0 Å². The van der Waals surface area contributed by atoms with Gasteiger partial charge >= 0.3 is 5.97 Å². The van der Waals surface area contributed by atoms with Crippen LogP contribution >= 0.6 is 0 Å². The molecule has 0 radical (unpaired) electrons. The fraction of sp³-hybridized carbons (Fsp3) is 0.545. The SMILES string of the molecule is Cc1ccc(C(C(=O)O)C(C)(C)C)o1. The summed E-state index contributed by atoms with van der Waals surface area (Å²) in [4.78, 5) is 11.1. The van der Waals surface area contributed by atoms with Crippen LogP contribution in [0, 0.1) is 12.3 Å². The van der Waals surface area contributed by atoms with Crippen LogP contribution in [0.3, 0.4) is 0 Å². The number of carbonyl (C=O) groups is 1. The van der Waals surface area contributed by atoms with E-state index in [1.807, 2.05) is 27.7 Å². The molecule has 0 aliphatic heterocycles. The van der Waals surface area contributed by atoms with E-state index in [-0.39, 0.29) is 5.41 Å². The van der Waals surface area contributed by atoms with Crippen LogP contribution in [0.2, 0.25) is 0 Å². The summed E-state index contributed by atoms with van der Waals surface area (Å²) in [5.41, 5.74) is -0.337. The van der Waals surface area contributed by atoms with E-state index in [2.05, 4.69) is 0 Å². The molecule has 0 aromatic carbocycles. The average Bonchev–Trinajstić information content (AvgIpc) is 2.31. The molecule has 1 aromatic heterocycles. The summed E-state index contributed by atoms with van der Waals surface area (Å²) in [5, 5.41) is 9.11. The molecule has 0 aliphatic carbocycles. The first kappa shape index (κ1) is 10.8. The Labute approximate surface area is 83.7 Å². The highest BCUT2D eigenvalue weighted by Crippen LogP contribution is 2.35. The largest absolute Gasteiger partial charge is 0.481 e. The van der Waals surface area contributed by atoms with E-state index in [0.717, 1.165) is 5.76 Å². The molecular weight excluding hydrogens is 180 g/mol. The Morgan fingerprint density at radius 1 is 1.43 bits per heavy atom. The number of furan rings is 1. The fourth-order valence-corrected chi connectivity index (χ4v) is 1.53. The second-order valence-electron chi connectivity index (χ2n) is 4.59. The van der Waals surface area contributed by atoms with E-state index in [1.165, 1.54) is 0 Å². The molecule has 1 atom stereocenters. The molecule has 1 rings (SSSR count).